The smallest absolute Gasteiger partial charge is 0.257 e. The van der Waals surface area contributed by atoms with Crippen LogP contribution in [-0.4, -0.2) is 29.4 Å². The van der Waals surface area contributed by atoms with Crippen LogP contribution in [0.3, 0.4) is 0 Å². The fraction of sp³-hybridized carbons (Fsp3) is 0.263. The van der Waals surface area contributed by atoms with Gasteiger partial charge in [-0.2, -0.15) is 0 Å². The van der Waals surface area contributed by atoms with Crippen molar-refractivity contribution in [2.24, 2.45) is 10.7 Å². The second-order valence-electron chi connectivity index (χ2n) is 6.29. The van der Waals surface area contributed by atoms with Gasteiger partial charge in [0.05, 0.1) is 13.7 Å². The molecular weight excluding hydrogens is 338 g/mol. The summed E-state index contributed by atoms with van der Waals surface area (Å²) in [6.45, 7) is 2.15. The van der Waals surface area contributed by atoms with Crippen LogP contribution >= 0.6 is 11.6 Å². The van der Waals surface area contributed by atoms with Crippen molar-refractivity contribution < 1.29 is 9.53 Å². The first-order valence-corrected chi connectivity index (χ1v) is 8.34. The summed E-state index contributed by atoms with van der Waals surface area (Å²) in [5.74, 6) is 0.863. The first-order valence-electron chi connectivity index (χ1n) is 7.96. The molecule has 0 saturated heterocycles. The summed E-state index contributed by atoms with van der Waals surface area (Å²) in [6, 6.07) is 15.0. The molecule has 1 aliphatic heterocycles. The van der Waals surface area contributed by atoms with E-state index >= 15 is 0 Å². The van der Waals surface area contributed by atoms with Crippen molar-refractivity contribution in [3.8, 4) is 5.75 Å². The third-order valence-electron chi connectivity index (χ3n) is 4.26. The minimum absolute atomic E-state index is 0.118. The Hall–Kier alpha value is -2.53. The van der Waals surface area contributed by atoms with E-state index in [2.05, 4.69) is 4.99 Å². The number of amides is 1. The van der Waals surface area contributed by atoms with Gasteiger partial charge in [0.1, 0.15) is 11.3 Å². The Balaban J connectivity index is 1.80. The molecule has 1 unspecified atom stereocenters. The topological polar surface area (TPSA) is 67.9 Å². The predicted molar refractivity (Wildman–Crippen MR) is 98.7 cm³/mol. The number of halogens is 1. The molecule has 25 heavy (non-hydrogen) atoms. The number of ether oxygens (including phenoxy) is 1. The molecule has 2 aromatic carbocycles. The van der Waals surface area contributed by atoms with E-state index in [4.69, 9.17) is 22.1 Å². The van der Waals surface area contributed by atoms with Crippen LogP contribution in [0.15, 0.2) is 53.5 Å². The highest BCUT2D eigenvalue weighted by atomic mass is 35.5. The number of carbonyl (C=O) groups is 1. The molecule has 0 aromatic heterocycles. The average molecular weight is 358 g/mol. The van der Waals surface area contributed by atoms with Crippen molar-refractivity contribution in [2.45, 2.75) is 25.4 Å². The van der Waals surface area contributed by atoms with Gasteiger partial charge in [0.25, 0.3) is 5.91 Å². The molecule has 0 fully saturated rings. The standard InChI is InChI=1S/C19H20ClN3O2/c1-19(11-13-5-4-8-16(10-13)25-2)17(24)23(18(21)22-19)12-14-6-3-7-15(20)9-14/h3-10H,11-12H2,1-2H3,(H2,21,22). The van der Waals surface area contributed by atoms with Crippen molar-refractivity contribution in [3.05, 3.63) is 64.7 Å². The fourth-order valence-electron chi connectivity index (χ4n) is 3.02. The molecule has 0 aliphatic carbocycles. The van der Waals surface area contributed by atoms with Gasteiger partial charge in [0.15, 0.2) is 5.96 Å². The van der Waals surface area contributed by atoms with Crippen LogP contribution in [0, 0.1) is 0 Å². The molecule has 0 radical (unpaired) electrons. The Morgan fingerprint density at radius 3 is 2.64 bits per heavy atom. The first kappa shape index (κ1) is 17.3. The molecule has 0 spiro atoms. The summed E-state index contributed by atoms with van der Waals surface area (Å²) in [5.41, 5.74) is 6.99. The van der Waals surface area contributed by atoms with Crippen LogP contribution < -0.4 is 10.5 Å². The van der Waals surface area contributed by atoms with E-state index in [0.717, 1.165) is 16.9 Å². The highest BCUT2D eigenvalue weighted by Gasteiger charge is 2.43. The lowest BCUT2D eigenvalue weighted by Gasteiger charge is -2.22. The van der Waals surface area contributed by atoms with Crippen molar-refractivity contribution >= 4 is 23.5 Å². The monoisotopic (exact) mass is 357 g/mol. The quantitative estimate of drug-likeness (QED) is 0.894. The Labute approximate surface area is 152 Å². The van der Waals surface area contributed by atoms with Gasteiger partial charge in [0.2, 0.25) is 0 Å². The maximum absolute atomic E-state index is 13.0. The number of guanidine groups is 1. The lowest BCUT2D eigenvalue weighted by atomic mass is 9.93. The Kier molecular flexibility index (Phi) is 4.68. The van der Waals surface area contributed by atoms with Crippen LogP contribution in [0.25, 0.3) is 0 Å². The predicted octanol–water partition coefficient (Wildman–Crippen LogP) is 3.01. The van der Waals surface area contributed by atoms with Crippen molar-refractivity contribution in [2.75, 3.05) is 7.11 Å². The van der Waals surface area contributed by atoms with E-state index in [9.17, 15) is 4.79 Å². The first-order chi connectivity index (χ1) is 11.9. The Morgan fingerprint density at radius 1 is 1.20 bits per heavy atom. The number of methoxy groups -OCH3 is 1. The van der Waals surface area contributed by atoms with Crippen LogP contribution in [0.5, 0.6) is 5.75 Å². The minimum atomic E-state index is -0.922. The van der Waals surface area contributed by atoms with Gasteiger partial charge in [-0.1, -0.05) is 35.9 Å². The minimum Gasteiger partial charge on any atom is -0.497 e. The Bertz CT molecular complexity index is 837. The maximum Gasteiger partial charge on any atom is 0.257 e. The van der Waals surface area contributed by atoms with E-state index < -0.39 is 5.54 Å². The second-order valence-corrected chi connectivity index (χ2v) is 6.73. The van der Waals surface area contributed by atoms with Crippen LogP contribution in [0.4, 0.5) is 0 Å². The van der Waals surface area contributed by atoms with Gasteiger partial charge in [-0.15, -0.1) is 0 Å². The third kappa shape index (κ3) is 3.61. The molecule has 2 N–H and O–H groups in total. The summed E-state index contributed by atoms with van der Waals surface area (Å²) >= 11 is 6.02. The lowest BCUT2D eigenvalue weighted by molar-refractivity contribution is -0.131. The zero-order valence-corrected chi connectivity index (χ0v) is 15.0. The number of rotatable bonds is 5. The molecule has 130 valence electrons. The number of aliphatic imine (C=N–C) groups is 1. The molecule has 1 heterocycles. The molecule has 6 heteroatoms. The molecule has 0 saturated carbocycles. The summed E-state index contributed by atoms with van der Waals surface area (Å²) in [7, 11) is 1.62. The molecule has 2 aromatic rings. The number of nitrogens with two attached hydrogens (primary N) is 1. The number of carbonyl (C=O) groups excluding carboxylic acids is 1. The van der Waals surface area contributed by atoms with E-state index in [1.807, 2.05) is 42.5 Å². The number of nitrogens with zero attached hydrogens (tertiary/aromatic N) is 2. The second kappa shape index (κ2) is 6.76. The number of hydrogen-bond acceptors (Lipinski definition) is 4. The average Bonchev–Trinajstić information content (AvgIpc) is 2.78. The van der Waals surface area contributed by atoms with Gasteiger partial charge in [-0.05, 0) is 42.3 Å². The van der Waals surface area contributed by atoms with E-state index in [0.29, 0.717) is 18.0 Å². The highest BCUT2D eigenvalue weighted by molar-refractivity contribution is 6.30. The Morgan fingerprint density at radius 2 is 1.92 bits per heavy atom. The van der Waals surface area contributed by atoms with Crippen LogP contribution in [0.1, 0.15) is 18.1 Å². The third-order valence-corrected chi connectivity index (χ3v) is 4.49. The SMILES string of the molecule is COc1cccc(CC2(C)N=C(N)N(Cc3cccc(Cl)c3)C2=O)c1. The van der Waals surface area contributed by atoms with Crippen molar-refractivity contribution in [1.29, 1.82) is 0 Å². The zero-order valence-electron chi connectivity index (χ0n) is 14.2. The summed E-state index contributed by atoms with van der Waals surface area (Å²) in [6.07, 6.45) is 0.454. The maximum atomic E-state index is 13.0. The van der Waals surface area contributed by atoms with Gasteiger partial charge >= 0.3 is 0 Å². The lowest BCUT2D eigenvalue weighted by Crippen LogP contribution is -2.43. The zero-order chi connectivity index (χ0) is 18.0. The highest BCUT2D eigenvalue weighted by Crippen LogP contribution is 2.28. The summed E-state index contributed by atoms with van der Waals surface area (Å²) in [4.78, 5) is 18.9. The number of benzene rings is 2. The molecule has 5 nitrogen and oxygen atoms in total. The molecular formula is C19H20ClN3O2. The summed E-state index contributed by atoms with van der Waals surface area (Å²) in [5, 5.41) is 0.624. The fourth-order valence-corrected chi connectivity index (χ4v) is 3.23. The molecule has 1 aliphatic rings. The van der Waals surface area contributed by atoms with Crippen molar-refractivity contribution in [1.82, 2.24) is 4.90 Å². The van der Waals surface area contributed by atoms with Crippen molar-refractivity contribution in [3.63, 3.8) is 0 Å². The van der Waals surface area contributed by atoms with Gasteiger partial charge in [0, 0.05) is 11.4 Å². The molecule has 3 rings (SSSR count). The van der Waals surface area contributed by atoms with Gasteiger partial charge < -0.3 is 10.5 Å². The van der Waals surface area contributed by atoms with Crippen LogP contribution in [-0.2, 0) is 17.8 Å². The molecule has 0 bridgehead atoms. The summed E-state index contributed by atoms with van der Waals surface area (Å²) < 4.78 is 5.24. The van der Waals surface area contributed by atoms with E-state index in [1.54, 1.807) is 20.1 Å². The molecule has 1 amide bonds. The van der Waals surface area contributed by atoms with Gasteiger partial charge in [-0.25, -0.2) is 4.99 Å². The van der Waals surface area contributed by atoms with E-state index in [1.165, 1.54) is 4.90 Å². The molecule has 1 atom stereocenters. The van der Waals surface area contributed by atoms with E-state index in [-0.39, 0.29) is 11.9 Å². The largest absolute Gasteiger partial charge is 0.497 e. The van der Waals surface area contributed by atoms with Crippen LogP contribution in [0.2, 0.25) is 5.02 Å². The normalized spacial score (nSPS) is 19.9. The van der Waals surface area contributed by atoms with Gasteiger partial charge in [-0.3, -0.25) is 9.69 Å². The number of hydrogen-bond donors (Lipinski definition) is 1.